The van der Waals surface area contributed by atoms with Crippen LogP contribution in [0.25, 0.3) is 0 Å². The molecule has 0 heterocycles. The Balaban J connectivity index is 2.11. The molecule has 10 heteroatoms. The van der Waals surface area contributed by atoms with E-state index < -0.39 is 30.1 Å². The zero-order valence-corrected chi connectivity index (χ0v) is 18.6. The molecule has 1 aliphatic carbocycles. The van der Waals surface area contributed by atoms with Crippen LogP contribution in [0, 0.1) is 11.8 Å². The van der Waals surface area contributed by atoms with E-state index >= 15 is 0 Å². The number of benzene rings is 1. The number of esters is 1. The van der Waals surface area contributed by atoms with E-state index in [1.54, 1.807) is 20.8 Å². The first-order valence-electron chi connectivity index (χ1n) is 9.81. The number of hydrogen-bond donors (Lipinski definition) is 3. The summed E-state index contributed by atoms with van der Waals surface area (Å²) >= 11 is 0. The third-order valence-electron chi connectivity index (χ3n) is 4.52. The fourth-order valence-corrected chi connectivity index (χ4v) is 2.81. The van der Waals surface area contributed by atoms with E-state index in [9.17, 15) is 19.2 Å². The maximum absolute atomic E-state index is 12.6. The van der Waals surface area contributed by atoms with Gasteiger partial charge in [-0.05, 0) is 33.1 Å². The van der Waals surface area contributed by atoms with Gasteiger partial charge in [0.2, 0.25) is 5.91 Å². The predicted molar refractivity (Wildman–Crippen MR) is 112 cm³/mol. The Morgan fingerprint density at radius 1 is 1.06 bits per heavy atom. The summed E-state index contributed by atoms with van der Waals surface area (Å²) in [5.74, 6) is -1.16. The molecule has 31 heavy (non-hydrogen) atoms. The van der Waals surface area contributed by atoms with Gasteiger partial charge >= 0.3 is 12.0 Å². The van der Waals surface area contributed by atoms with Gasteiger partial charge in [0.25, 0.3) is 5.91 Å². The van der Waals surface area contributed by atoms with Crippen molar-refractivity contribution in [3.8, 4) is 11.5 Å². The summed E-state index contributed by atoms with van der Waals surface area (Å²) < 4.78 is 15.5. The van der Waals surface area contributed by atoms with Crippen LogP contribution >= 0.6 is 0 Å². The molecule has 2 unspecified atom stereocenters. The Labute approximate surface area is 181 Å². The molecule has 1 aromatic carbocycles. The van der Waals surface area contributed by atoms with Crippen molar-refractivity contribution >= 4 is 29.5 Å². The lowest BCUT2D eigenvalue weighted by atomic mass is 10.1. The van der Waals surface area contributed by atoms with Crippen LogP contribution in [0.3, 0.4) is 0 Å². The lowest BCUT2D eigenvalue weighted by molar-refractivity contribution is -0.123. The second-order valence-electron chi connectivity index (χ2n) is 8.39. The number of carbonyl (C=O) groups is 4. The van der Waals surface area contributed by atoms with Crippen molar-refractivity contribution in [2.24, 2.45) is 11.8 Å². The van der Waals surface area contributed by atoms with Gasteiger partial charge in [0.1, 0.15) is 0 Å². The number of ether oxygens (including phenoxy) is 3. The van der Waals surface area contributed by atoms with Crippen molar-refractivity contribution in [1.82, 2.24) is 10.6 Å². The average molecular weight is 435 g/mol. The standard InChI is InChI=1S/C21H29N3O7/c1-11-7-12(11)18(26)22-14-9-16(30-6)15(29-5)8-13(14)19(27)31-10-17(25)23-20(28)24-21(2,3)4/h8-9,11-12H,7,10H2,1-6H3,(H,22,26)(H2,23,24,25,28). The summed E-state index contributed by atoms with van der Waals surface area (Å²) in [4.78, 5) is 48.7. The molecule has 4 amide bonds. The van der Waals surface area contributed by atoms with Crippen molar-refractivity contribution in [2.75, 3.05) is 26.1 Å². The minimum Gasteiger partial charge on any atom is -0.493 e. The smallest absolute Gasteiger partial charge is 0.340 e. The maximum atomic E-state index is 12.6. The van der Waals surface area contributed by atoms with Crippen LogP contribution in [0.1, 0.15) is 44.5 Å². The van der Waals surface area contributed by atoms with Crippen molar-refractivity contribution in [3.63, 3.8) is 0 Å². The van der Waals surface area contributed by atoms with E-state index in [4.69, 9.17) is 14.2 Å². The van der Waals surface area contributed by atoms with Gasteiger partial charge in [-0.15, -0.1) is 0 Å². The van der Waals surface area contributed by atoms with Crippen LogP contribution in [0.15, 0.2) is 12.1 Å². The maximum Gasteiger partial charge on any atom is 0.340 e. The normalized spacial score (nSPS) is 17.2. The molecule has 1 fully saturated rings. The first kappa shape index (κ1) is 24.0. The third-order valence-corrected chi connectivity index (χ3v) is 4.52. The molecule has 1 saturated carbocycles. The molecule has 0 spiro atoms. The number of methoxy groups -OCH3 is 2. The number of hydrogen-bond acceptors (Lipinski definition) is 7. The minimum absolute atomic E-state index is 0.00811. The summed E-state index contributed by atoms with van der Waals surface area (Å²) in [6, 6.07) is 2.11. The number of nitrogens with one attached hydrogen (secondary N) is 3. The van der Waals surface area contributed by atoms with Crippen LogP contribution in [0.2, 0.25) is 0 Å². The van der Waals surface area contributed by atoms with Crippen molar-refractivity contribution in [2.45, 2.75) is 39.7 Å². The van der Waals surface area contributed by atoms with E-state index in [1.165, 1.54) is 26.4 Å². The number of anilines is 1. The Kier molecular flexibility index (Phi) is 7.48. The topological polar surface area (TPSA) is 132 Å². The SMILES string of the molecule is COc1cc(NC(=O)C2CC2C)c(C(=O)OCC(=O)NC(=O)NC(C)(C)C)cc1OC. The number of urea groups is 1. The van der Waals surface area contributed by atoms with Gasteiger partial charge in [-0.3, -0.25) is 14.9 Å². The van der Waals surface area contributed by atoms with E-state index in [2.05, 4.69) is 16.0 Å². The largest absolute Gasteiger partial charge is 0.493 e. The molecule has 1 aromatic rings. The van der Waals surface area contributed by atoms with Crippen LogP contribution in [-0.2, 0) is 14.3 Å². The Morgan fingerprint density at radius 2 is 1.65 bits per heavy atom. The highest BCUT2D eigenvalue weighted by Crippen LogP contribution is 2.40. The summed E-state index contributed by atoms with van der Waals surface area (Å²) in [5, 5.41) is 7.35. The second kappa shape index (κ2) is 9.67. The zero-order chi connectivity index (χ0) is 23.3. The Bertz CT molecular complexity index is 876. The van der Waals surface area contributed by atoms with Crippen LogP contribution in [0.4, 0.5) is 10.5 Å². The molecular formula is C21H29N3O7. The Hall–Kier alpha value is -3.30. The molecule has 3 N–H and O–H groups in total. The summed E-state index contributed by atoms with van der Waals surface area (Å²) in [6.07, 6.45) is 0.774. The average Bonchev–Trinajstić information content (AvgIpc) is 3.40. The van der Waals surface area contributed by atoms with Gasteiger partial charge in [0.05, 0.1) is 25.5 Å². The molecule has 170 valence electrons. The van der Waals surface area contributed by atoms with Crippen molar-refractivity contribution in [1.29, 1.82) is 0 Å². The first-order valence-corrected chi connectivity index (χ1v) is 9.81. The third kappa shape index (κ3) is 6.87. The molecule has 10 nitrogen and oxygen atoms in total. The highest BCUT2D eigenvalue weighted by Gasteiger charge is 2.39. The summed E-state index contributed by atoms with van der Waals surface area (Å²) in [6.45, 7) is 6.55. The Morgan fingerprint density at radius 3 is 2.16 bits per heavy atom. The lowest BCUT2D eigenvalue weighted by Crippen LogP contribution is -2.49. The minimum atomic E-state index is -0.869. The highest BCUT2D eigenvalue weighted by molar-refractivity contribution is 6.04. The molecular weight excluding hydrogens is 406 g/mol. The fourth-order valence-electron chi connectivity index (χ4n) is 2.81. The van der Waals surface area contributed by atoms with Gasteiger partial charge in [-0.2, -0.15) is 0 Å². The van der Waals surface area contributed by atoms with Gasteiger partial charge in [0.15, 0.2) is 18.1 Å². The number of rotatable bonds is 7. The molecule has 0 saturated heterocycles. The molecule has 2 atom stereocenters. The highest BCUT2D eigenvalue weighted by atomic mass is 16.5. The molecule has 1 aliphatic rings. The molecule has 0 aliphatic heterocycles. The van der Waals surface area contributed by atoms with Crippen LogP contribution < -0.4 is 25.4 Å². The summed E-state index contributed by atoms with van der Waals surface area (Å²) in [5.41, 5.74) is -0.365. The van der Waals surface area contributed by atoms with Gasteiger partial charge in [0, 0.05) is 23.6 Å². The van der Waals surface area contributed by atoms with E-state index in [0.717, 1.165) is 6.42 Å². The van der Waals surface area contributed by atoms with Gasteiger partial charge < -0.3 is 24.8 Å². The van der Waals surface area contributed by atoms with Gasteiger partial charge in [-0.1, -0.05) is 6.92 Å². The quantitative estimate of drug-likeness (QED) is 0.559. The van der Waals surface area contributed by atoms with Gasteiger partial charge in [-0.25, -0.2) is 9.59 Å². The lowest BCUT2D eigenvalue weighted by Gasteiger charge is -2.20. The first-order chi connectivity index (χ1) is 14.4. The molecule has 0 bridgehead atoms. The van der Waals surface area contributed by atoms with E-state index in [-0.39, 0.29) is 34.7 Å². The summed E-state index contributed by atoms with van der Waals surface area (Å²) in [7, 11) is 2.83. The zero-order valence-electron chi connectivity index (χ0n) is 18.6. The monoisotopic (exact) mass is 435 g/mol. The van der Waals surface area contributed by atoms with E-state index in [1.807, 2.05) is 6.92 Å². The van der Waals surface area contributed by atoms with Crippen LogP contribution in [0.5, 0.6) is 11.5 Å². The molecule has 0 aromatic heterocycles. The second-order valence-corrected chi connectivity index (χ2v) is 8.39. The van der Waals surface area contributed by atoms with E-state index in [0.29, 0.717) is 5.75 Å². The van der Waals surface area contributed by atoms with Crippen molar-refractivity contribution in [3.05, 3.63) is 17.7 Å². The number of carbonyl (C=O) groups excluding carboxylic acids is 4. The predicted octanol–water partition coefficient (Wildman–Crippen LogP) is 2.08. The van der Waals surface area contributed by atoms with Crippen LogP contribution in [-0.4, -0.2) is 50.2 Å². The number of imide groups is 1. The molecule has 0 radical (unpaired) electrons. The molecule has 2 rings (SSSR count). The van der Waals surface area contributed by atoms with Crippen molar-refractivity contribution < 1.29 is 33.4 Å². The fraction of sp³-hybridized carbons (Fsp3) is 0.524. The number of amides is 4.